The smallest absolute Gasteiger partial charge is 0.150 e. The maximum atomic E-state index is 13.6. The molecule has 0 aliphatic carbocycles. The number of nitrogens with two attached hydrogens (primary N) is 1. The Kier molecular flexibility index (Phi) is 3.58. The molecule has 0 amide bonds. The first kappa shape index (κ1) is 12.3. The van der Waals surface area contributed by atoms with E-state index in [-0.39, 0.29) is 11.6 Å². The normalized spacial score (nSPS) is 10.3. The second kappa shape index (κ2) is 4.97. The zero-order valence-corrected chi connectivity index (χ0v) is 11.6. The summed E-state index contributed by atoms with van der Waals surface area (Å²) < 4.78 is 14.7. The van der Waals surface area contributed by atoms with E-state index in [0.29, 0.717) is 20.5 Å². The van der Waals surface area contributed by atoms with Crippen molar-refractivity contribution in [2.24, 2.45) is 0 Å². The minimum absolute atomic E-state index is 0.287. The lowest BCUT2D eigenvalue weighted by atomic mass is 10.3. The van der Waals surface area contributed by atoms with E-state index in [0.717, 1.165) is 0 Å². The Bertz CT molecular complexity index is 542. The van der Waals surface area contributed by atoms with Crippen molar-refractivity contribution in [2.45, 2.75) is 0 Å². The third-order valence-corrected chi connectivity index (χ3v) is 3.47. The molecule has 17 heavy (non-hydrogen) atoms. The molecule has 0 bridgehead atoms. The molecule has 3 N–H and O–H groups in total. The van der Waals surface area contributed by atoms with Crippen LogP contribution in [0.5, 0.6) is 0 Å². The summed E-state index contributed by atoms with van der Waals surface area (Å²) in [6.45, 7) is 0. The summed E-state index contributed by atoms with van der Waals surface area (Å²) in [5, 5.41) is 2.85. The molecule has 0 spiro atoms. The molecule has 2 rings (SSSR count). The zero-order valence-electron chi connectivity index (χ0n) is 8.42. The fourth-order valence-corrected chi connectivity index (χ4v) is 1.95. The number of aromatic nitrogens is 2. The van der Waals surface area contributed by atoms with Crippen molar-refractivity contribution in [3.63, 3.8) is 0 Å². The number of hydrogen-bond donors (Lipinski definition) is 2. The molecule has 1 aromatic carbocycles. The predicted molar refractivity (Wildman–Crippen MR) is 71.5 cm³/mol. The monoisotopic (exact) mass is 360 g/mol. The third-order valence-electron chi connectivity index (χ3n) is 2.02. The highest BCUT2D eigenvalue weighted by Crippen LogP contribution is 2.32. The molecular weight excluding hydrogens is 355 g/mol. The Morgan fingerprint density at radius 1 is 1.24 bits per heavy atom. The van der Waals surface area contributed by atoms with Gasteiger partial charge in [-0.1, -0.05) is 6.07 Å². The van der Waals surface area contributed by atoms with E-state index in [1.54, 1.807) is 12.1 Å². The van der Waals surface area contributed by atoms with Gasteiger partial charge in [-0.3, -0.25) is 0 Å². The van der Waals surface area contributed by atoms with Crippen molar-refractivity contribution >= 4 is 49.2 Å². The van der Waals surface area contributed by atoms with Crippen molar-refractivity contribution in [3.8, 4) is 0 Å². The van der Waals surface area contributed by atoms with Crippen molar-refractivity contribution in [3.05, 3.63) is 39.3 Å². The molecule has 0 fully saturated rings. The first-order chi connectivity index (χ1) is 8.09. The van der Waals surface area contributed by atoms with Crippen LogP contribution in [0.2, 0.25) is 0 Å². The van der Waals surface area contributed by atoms with Crippen LogP contribution in [0.4, 0.5) is 21.7 Å². The van der Waals surface area contributed by atoms with Gasteiger partial charge in [0.15, 0.2) is 0 Å². The topological polar surface area (TPSA) is 63.8 Å². The van der Waals surface area contributed by atoms with Gasteiger partial charge in [-0.2, -0.15) is 0 Å². The average Bonchev–Trinajstić information content (AvgIpc) is 2.29. The lowest BCUT2D eigenvalue weighted by molar-refractivity contribution is 0.631. The molecule has 0 unspecified atom stereocenters. The van der Waals surface area contributed by atoms with Crippen LogP contribution in [0.25, 0.3) is 0 Å². The minimum atomic E-state index is -0.386. The molecule has 0 radical (unpaired) electrons. The largest absolute Gasteiger partial charge is 0.383 e. The van der Waals surface area contributed by atoms with Crippen LogP contribution in [0.1, 0.15) is 0 Å². The lowest BCUT2D eigenvalue weighted by Crippen LogP contribution is -2.01. The van der Waals surface area contributed by atoms with E-state index in [2.05, 4.69) is 47.1 Å². The van der Waals surface area contributed by atoms with Gasteiger partial charge >= 0.3 is 0 Å². The van der Waals surface area contributed by atoms with Gasteiger partial charge in [-0.05, 0) is 44.0 Å². The number of hydrogen-bond acceptors (Lipinski definition) is 4. The molecule has 0 aliphatic heterocycles. The highest BCUT2D eigenvalue weighted by molar-refractivity contribution is 9.11. The first-order valence-corrected chi connectivity index (χ1v) is 6.15. The van der Waals surface area contributed by atoms with Gasteiger partial charge in [0.2, 0.25) is 0 Å². The van der Waals surface area contributed by atoms with Crippen LogP contribution < -0.4 is 11.1 Å². The summed E-state index contributed by atoms with van der Waals surface area (Å²) in [6.07, 6.45) is 1.30. The fourth-order valence-electron chi connectivity index (χ4n) is 1.21. The molecule has 7 heteroatoms. The quantitative estimate of drug-likeness (QED) is 0.859. The minimum Gasteiger partial charge on any atom is -0.383 e. The molecule has 4 nitrogen and oxygen atoms in total. The summed E-state index contributed by atoms with van der Waals surface area (Å²) in [6, 6.07) is 4.68. The number of halogens is 3. The molecule has 0 atom stereocenters. The van der Waals surface area contributed by atoms with Crippen LogP contribution in [0.3, 0.4) is 0 Å². The van der Waals surface area contributed by atoms with Gasteiger partial charge in [0, 0.05) is 4.47 Å². The standard InChI is InChI=1S/C10H7Br2FN4/c11-5-2-1-3-6(13)8(5)17-10-7(12)9(14)15-4-16-10/h1-4H,(H3,14,15,16,17). The van der Waals surface area contributed by atoms with Crippen LogP contribution in [-0.2, 0) is 0 Å². The number of nitrogen functional groups attached to an aromatic ring is 1. The molecule has 2 aromatic rings. The number of nitrogens with zero attached hydrogens (tertiary/aromatic N) is 2. The lowest BCUT2D eigenvalue weighted by Gasteiger charge is -2.10. The number of nitrogens with one attached hydrogen (secondary N) is 1. The summed E-state index contributed by atoms with van der Waals surface area (Å²) in [7, 11) is 0. The van der Waals surface area contributed by atoms with Crippen LogP contribution in [-0.4, -0.2) is 9.97 Å². The van der Waals surface area contributed by atoms with Crippen molar-refractivity contribution in [2.75, 3.05) is 11.1 Å². The van der Waals surface area contributed by atoms with Gasteiger partial charge < -0.3 is 11.1 Å². The summed E-state index contributed by atoms with van der Waals surface area (Å²) >= 11 is 6.49. The van der Waals surface area contributed by atoms with Gasteiger partial charge in [-0.15, -0.1) is 0 Å². The van der Waals surface area contributed by atoms with Crippen molar-refractivity contribution in [1.29, 1.82) is 0 Å². The molecule has 0 saturated heterocycles. The van der Waals surface area contributed by atoms with E-state index in [1.807, 2.05) is 0 Å². The second-order valence-corrected chi connectivity index (χ2v) is 4.79. The highest BCUT2D eigenvalue weighted by Gasteiger charge is 2.11. The number of rotatable bonds is 2. The highest BCUT2D eigenvalue weighted by atomic mass is 79.9. The summed E-state index contributed by atoms with van der Waals surface area (Å²) in [5.74, 6) is 0.307. The number of para-hydroxylation sites is 1. The number of anilines is 3. The number of benzene rings is 1. The Labute approximate surface area is 114 Å². The van der Waals surface area contributed by atoms with Gasteiger partial charge in [0.05, 0.1) is 5.69 Å². The zero-order chi connectivity index (χ0) is 12.4. The maximum absolute atomic E-state index is 13.6. The molecule has 0 aliphatic rings. The molecule has 1 aromatic heterocycles. The Balaban J connectivity index is 2.42. The van der Waals surface area contributed by atoms with Crippen molar-refractivity contribution < 1.29 is 4.39 Å². The molecular formula is C10H7Br2FN4. The fraction of sp³-hybridized carbons (Fsp3) is 0. The Morgan fingerprint density at radius 2 is 2.00 bits per heavy atom. The summed E-state index contributed by atoms with van der Waals surface area (Å²) in [5.41, 5.74) is 5.90. The van der Waals surface area contributed by atoms with Crippen LogP contribution in [0, 0.1) is 5.82 Å². The third kappa shape index (κ3) is 2.55. The Hall–Kier alpha value is -1.21. The van der Waals surface area contributed by atoms with Gasteiger partial charge in [0.1, 0.15) is 28.3 Å². The van der Waals surface area contributed by atoms with Gasteiger partial charge in [-0.25, -0.2) is 14.4 Å². The SMILES string of the molecule is Nc1ncnc(Nc2c(F)cccc2Br)c1Br. The van der Waals surface area contributed by atoms with E-state index in [4.69, 9.17) is 5.73 Å². The molecule has 0 saturated carbocycles. The predicted octanol–water partition coefficient (Wildman–Crippen LogP) is 3.47. The van der Waals surface area contributed by atoms with Crippen molar-refractivity contribution in [1.82, 2.24) is 9.97 Å². The van der Waals surface area contributed by atoms with E-state index in [1.165, 1.54) is 12.4 Å². The average molecular weight is 362 g/mol. The van der Waals surface area contributed by atoms with Gasteiger partial charge in [0.25, 0.3) is 0 Å². The van der Waals surface area contributed by atoms with E-state index >= 15 is 0 Å². The van der Waals surface area contributed by atoms with E-state index in [9.17, 15) is 4.39 Å². The molecule has 1 heterocycles. The second-order valence-electron chi connectivity index (χ2n) is 3.14. The summed E-state index contributed by atoms with van der Waals surface area (Å²) in [4.78, 5) is 7.78. The maximum Gasteiger partial charge on any atom is 0.150 e. The Morgan fingerprint density at radius 3 is 2.71 bits per heavy atom. The van der Waals surface area contributed by atoms with Crippen LogP contribution >= 0.6 is 31.9 Å². The first-order valence-electron chi connectivity index (χ1n) is 4.56. The van der Waals surface area contributed by atoms with E-state index < -0.39 is 0 Å². The van der Waals surface area contributed by atoms with Crippen LogP contribution in [0.15, 0.2) is 33.5 Å². The molecule has 88 valence electrons.